The topological polar surface area (TPSA) is 40.5 Å². The standard InChI is InChI=1S/C16H18FNO2/c1-11-8-12(2)18(10-11)16(20)15-6-5-14(17)9-13(15)4-3-7-19/h5-6,9,11-12,19H,7-8,10H2,1-2H3. The van der Waals surface area contributed by atoms with E-state index >= 15 is 0 Å². The maximum Gasteiger partial charge on any atom is 0.255 e. The summed E-state index contributed by atoms with van der Waals surface area (Å²) in [5.41, 5.74) is 0.726. The van der Waals surface area contributed by atoms with Crippen LogP contribution >= 0.6 is 0 Å². The Morgan fingerprint density at radius 2 is 2.25 bits per heavy atom. The van der Waals surface area contributed by atoms with E-state index in [1.807, 2.05) is 11.8 Å². The predicted molar refractivity (Wildman–Crippen MR) is 74.6 cm³/mol. The third-order valence-corrected chi connectivity index (χ3v) is 3.56. The van der Waals surface area contributed by atoms with Gasteiger partial charge in [-0.25, -0.2) is 4.39 Å². The van der Waals surface area contributed by atoms with Crippen molar-refractivity contribution in [2.45, 2.75) is 26.3 Å². The summed E-state index contributed by atoms with van der Waals surface area (Å²) in [4.78, 5) is 14.4. The summed E-state index contributed by atoms with van der Waals surface area (Å²) >= 11 is 0. The first-order valence-corrected chi connectivity index (χ1v) is 6.73. The van der Waals surface area contributed by atoms with Crippen LogP contribution in [0.3, 0.4) is 0 Å². The second kappa shape index (κ2) is 6.06. The van der Waals surface area contributed by atoms with Crippen LogP contribution in [0.25, 0.3) is 0 Å². The summed E-state index contributed by atoms with van der Waals surface area (Å²) in [5, 5.41) is 8.75. The van der Waals surface area contributed by atoms with Gasteiger partial charge in [-0.1, -0.05) is 18.8 Å². The van der Waals surface area contributed by atoms with Gasteiger partial charge in [-0.3, -0.25) is 4.79 Å². The van der Waals surface area contributed by atoms with Crippen molar-refractivity contribution in [2.75, 3.05) is 13.2 Å². The Kier molecular flexibility index (Phi) is 4.41. The molecule has 0 aromatic heterocycles. The maximum atomic E-state index is 13.3. The first kappa shape index (κ1) is 14.5. The molecule has 1 N–H and O–H groups in total. The number of aliphatic hydroxyl groups excluding tert-OH is 1. The van der Waals surface area contributed by atoms with E-state index in [0.29, 0.717) is 23.6 Å². The van der Waals surface area contributed by atoms with Gasteiger partial charge in [-0.2, -0.15) is 0 Å². The van der Waals surface area contributed by atoms with Crippen LogP contribution in [-0.4, -0.2) is 35.1 Å². The summed E-state index contributed by atoms with van der Waals surface area (Å²) in [6.45, 7) is 4.52. The summed E-state index contributed by atoms with van der Waals surface area (Å²) in [6.07, 6.45) is 0.977. The van der Waals surface area contributed by atoms with Gasteiger partial charge in [-0.15, -0.1) is 0 Å². The summed E-state index contributed by atoms with van der Waals surface area (Å²) in [7, 11) is 0. The molecule has 2 unspecified atom stereocenters. The normalized spacial score (nSPS) is 21.5. The smallest absolute Gasteiger partial charge is 0.255 e. The van der Waals surface area contributed by atoms with Gasteiger partial charge in [0.25, 0.3) is 5.91 Å². The summed E-state index contributed by atoms with van der Waals surface area (Å²) in [6, 6.07) is 4.15. The number of benzene rings is 1. The second-order valence-corrected chi connectivity index (χ2v) is 5.30. The van der Waals surface area contributed by atoms with Crippen LogP contribution < -0.4 is 0 Å². The molecule has 20 heavy (non-hydrogen) atoms. The Balaban J connectivity index is 2.34. The highest BCUT2D eigenvalue weighted by molar-refractivity contribution is 5.97. The van der Waals surface area contributed by atoms with Gasteiger partial charge >= 0.3 is 0 Å². The zero-order chi connectivity index (χ0) is 14.7. The number of nitrogens with zero attached hydrogens (tertiary/aromatic N) is 1. The number of hydrogen-bond donors (Lipinski definition) is 1. The van der Waals surface area contributed by atoms with Gasteiger partial charge in [0, 0.05) is 18.2 Å². The molecule has 1 aliphatic heterocycles. The van der Waals surface area contributed by atoms with Crippen molar-refractivity contribution >= 4 is 5.91 Å². The largest absolute Gasteiger partial charge is 0.384 e. The fraction of sp³-hybridized carbons (Fsp3) is 0.438. The van der Waals surface area contributed by atoms with Crippen molar-refractivity contribution < 1.29 is 14.3 Å². The van der Waals surface area contributed by atoms with Crippen LogP contribution in [-0.2, 0) is 0 Å². The highest BCUT2D eigenvalue weighted by Gasteiger charge is 2.31. The van der Waals surface area contributed by atoms with E-state index in [2.05, 4.69) is 18.8 Å². The number of rotatable bonds is 1. The molecular weight excluding hydrogens is 257 g/mol. The van der Waals surface area contributed by atoms with Crippen LogP contribution in [0.2, 0.25) is 0 Å². The minimum absolute atomic E-state index is 0.121. The van der Waals surface area contributed by atoms with Crippen molar-refractivity contribution in [3.05, 3.63) is 35.1 Å². The van der Waals surface area contributed by atoms with Crippen molar-refractivity contribution in [1.29, 1.82) is 0 Å². The van der Waals surface area contributed by atoms with Gasteiger partial charge in [0.05, 0.1) is 5.56 Å². The van der Waals surface area contributed by atoms with E-state index in [1.165, 1.54) is 18.2 Å². The lowest BCUT2D eigenvalue weighted by Gasteiger charge is -2.22. The molecule has 0 spiro atoms. The van der Waals surface area contributed by atoms with Crippen LogP contribution in [0.1, 0.15) is 36.2 Å². The number of carbonyl (C=O) groups excluding carboxylic acids is 1. The molecular formula is C16H18FNO2. The van der Waals surface area contributed by atoms with Crippen molar-refractivity contribution in [3.63, 3.8) is 0 Å². The molecule has 1 heterocycles. The van der Waals surface area contributed by atoms with Crippen LogP contribution in [0.15, 0.2) is 18.2 Å². The molecule has 0 bridgehead atoms. The quantitative estimate of drug-likeness (QED) is 0.797. The zero-order valence-corrected chi connectivity index (χ0v) is 11.7. The Bertz CT molecular complexity index is 574. The fourth-order valence-electron chi connectivity index (χ4n) is 2.68. The molecule has 106 valence electrons. The minimum Gasteiger partial charge on any atom is -0.384 e. The first-order valence-electron chi connectivity index (χ1n) is 6.73. The van der Waals surface area contributed by atoms with E-state index in [0.717, 1.165) is 6.42 Å². The van der Waals surface area contributed by atoms with E-state index in [9.17, 15) is 9.18 Å². The van der Waals surface area contributed by atoms with Crippen LogP contribution in [0.5, 0.6) is 0 Å². The van der Waals surface area contributed by atoms with Crippen LogP contribution in [0, 0.1) is 23.6 Å². The summed E-state index contributed by atoms with van der Waals surface area (Å²) < 4.78 is 13.3. The Hall–Kier alpha value is -1.86. The lowest BCUT2D eigenvalue weighted by atomic mass is 10.1. The number of likely N-dealkylation sites (tertiary alicyclic amines) is 1. The van der Waals surface area contributed by atoms with Crippen molar-refractivity contribution in [3.8, 4) is 11.8 Å². The fourth-order valence-corrected chi connectivity index (χ4v) is 2.68. The Labute approximate surface area is 118 Å². The second-order valence-electron chi connectivity index (χ2n) is 5.30. The Morgan fingerprint density at radius 3 is 2.85 bits per heavy atom. The van der Waals surface area contributed by atoms with E-state index in [4.69, 9.17) is 5.11 Å². The molecule has 2 atom stereocenters. The average molecular weight is 275 g/mol. The third-order valence-electron chi connectivity index (χ3n) is 3.56. The molecule has 1 aliphatic rings. The first-order chi connectivity index (χ1) is 9.52. The van der Waals surface area contributed by atoms with E-state index < -0.39 is 5.82 Å². The molecule has 2 rings (SSSR count). The molecule has 0 radical (unpaired) electrons. The number of aliphatic hydroxyl groups is 1. The van der Waals surface area contributed by atoms with Gasteiger partial charge in [0.2, 0.25) is 0 Å². The minimum atomic E-state index is -0.438. The average Bonchev–Trinajstić information content (AvgIpc) is 2.74. The molecule has 1 aromatic carbocycles. The number of amides is 1. The SMILES string of the molecule is CC1CC(C)N(C(=O)c2ccc(F)cc2C#CCO)C1. The number of hydrogen-bond acceptors (Lipinski definition) is 2. The molecule has 1 aromatic rings. The van der Waals surface area contributed by atoms with Gasteiger partial charge in [-0.05, 0) is 37.5 Å². The molecule has 4 heteroatoms. The van der Waals surface area contributed by atoms with Gasteiger partial charge < -0.3 is 10.0 Å². The summed E-state index contributed by atoms with van der Waals surface area (Å²) in [5.74, 6) is 5.03. The van der Waals surface area contributed by atoms with Crippen molar-refractivity contribution in [2.24, 2.45) is 5.92 Å². The predicted octanol–water partition coefficient (Wildman–Crippen LogP) is 2.04. The van der Waals surface area contributed by atoms with E-state index in [1.54, 1.807) is 0 Å². The molecule has 0 saturated carbocycles. The highest BCUT2D eigenvalue weighted by atomic mass is 19.1. The number of halogens is 1. The number of carbonyl (C=O) groups is 1. The maximum absolute atomic E-state index is 13.3. The van der Waals surface area contributed by atoms with Gasteiger partial charge in [0.15, 0.2) is 0 Å². The lowest BCUT2D eigenvalue weighted by molar-refractivity contribution is 0.0743. The lowest BCUT2D eigenvalue weighted by Crippen LogP contribution is -2.34. The van der Waals surface area contributed by atoms with E-state index in [-0.39, 0.29) is 18.6 Å². The molecule has 1 amide bonds. The Morgan fingerprint density at radius 1 is 1.50 bits per heavy atom. The molecule has 1 saturated heterocycles. The monoisotopic (exact) mass is 275 g/mol. The molecule has 3 nitrogen and oxygen atoms in total. The van der Waals surface area contributed by atoms with Gasteiger partial charge in [0.1, 0.15) is 12.4 Å². The zero-order valence-electron chi connectivity index (χ0n) is 11.7. The molecule has 1 fully saturated rings. The third kappa shape index (κ3) is 3.00. The highest BCUT2D eigenvalue weighted by Crippen LogP contribution is 2.25. The van der Waals surface area contributed by atoms with Crippen molar-refractivity contribution in [1.82, 2.24) is 4.90 Å². The van der Waals surface area contributed by atoms with Crippen LogP contribution in [0.4, 0.5) is 4.39 Å². The molecule has 0 aliphatic carbocycles.